The lowest BCUT2D eigenvalue weighted by atomic mass is 9.92. The fraction of sp³-hybridized carbons (Fsp3) is 1.00. The molecule has 2 saturated heterocycles. The van der Waals surface area contributed by atoms with Crippen molar-refractivity contribution >= 4 is 12.4 Å². The molecular formula is C13H27ClN2. The van der Waals surface area contributed by atoms with Gasteiger partial charge in [-0.3, -0.25) is 4.90 Å². The van der Waals surface area contributed by atoms with Gasteiger partial charge < -0.3 is 5.32 Å². The molecule has 0 aromatic rings. The van der Waals surface area contributed by atoms with Crippen LogP contribution < -0.4 is 5.32 Å². The number of nitrogens with one attached hydrogen (secondary N) is 1. The van der Waals surface area contributed by atoms with E-state index in [1.807, 2.05) is 0 Å². The van der Waals surface area contributed by atoms with Gasteiger partial charge in [0.2, 0.25) is 0 Å². The Kier molecular flexibility index (Phi) is 6.09. The molecule has 2 heterocycles. The first-order valence-electron chi connectivity index (χ1n) is 6.74. The van der Waals surface area contributed by atoms with Crippen molar-refractivity contribution in [2.24, 2.45) is 5.92 Å². The summed E-state index contributed by atoms with van der Waals surface area (Å²) in [6, 6.07) is 1.65. The summed E-state index contributed by atoms with van der Waals surface area (Å²) >= 11 is 0. The molecule has 2 atom stereocenters. The smallest absolute Gasteiger partial charge is 0.00698 e. The second-order valence-corrected chi connectivity index (χ2v) is 5.52. The van der Waals surface area contributed by atoms with Crippen molar-refractivity contribution < 1.29 is 0 Å². The summed E-state index contributed by atoms with van der Waals surface area (Å²) in [4.78, 5) is 2.76. The SMILES string of the molecule is C[C@@H]1CCC[C@H](C)N1CC1CCNCC1.Cl. The van der Waals surface area contributed by atoms with Gasteiger partial charge in [0, 0.05) is 18.6 Å². The minimum absolute atomic E-state index is 0. The van der Waals surface area contributed by atoms with Crippen LogP contribution in [0.3, 0.4) is 0 Å². The molecule has 0 aliphatic carbocycles. The number of likely N-dealkylation sites (tertiary alicyclic amines) is 1. The maximum atomic E-state index is 3.46. The Labute approximate surface area is 107 Å². The van der Waals surface area contributed by atoms with E-state index in [2.05, 4.69) is 24.1 Å². The first-order valence-corrected chi connectivity index (χ1v) is 6.74. The maximum absolute atomic E-state index is 3.46. The van der Waals surface area contributed by atoms with Crippen molar-refractivity contribution in [1.29, 1.82) is 0 Å². The lowest BCUT2D eigenvalue weighted by Crippen LogP contribution is -2.47. The van der Waals surface area contributed by atoms with Crippen molar-refractivity contribution in [3.63, 3.8) is 0 Å². The average molecular weight is 247 g/mol. The van der Waals surface area contributed by atoms with Crippen molar-refractivity contribution in [3.8, 4) is 0 Å². The summed E-state index contributed by atoms with van der Waals surface area (Å²) in [5, 5.41) is 3.46. The number of piperidine rings is 2. The van der Waals surface area contributed by atoms with Crippen LogP contribution in [0.1, 0.15) is 46.0 Å². The fourth-order valence-corrected chi connectivity index (χ4v) is 3.20. The molecule has 2 nitrogen and oxygen atoms in total. The first kappa shape index (κ1) is 14.3. The van der Waals surface area contributed by atoms with Crippen LogP contribution in [0.4, 0.5) is 0 Å². The van der Waals surface area contributed by atoms with Gasteiger partial charge in [-0.2, -0.15) is 0 Å². The van der Waals surface area contributed by atoms with Gasteiger partial charge >= 0.3 is 0 Å². The van der Waals surface area contributed by atoms with Crippen molar-refractivity contribution in [2.75, 3.05) is 19.6 Å². The van der Waals surface area contributed by atoms with E-state index in [1.54, 1.807) is 0 Å². The lowest BCUT2D eigenvalue weighted by molar-refractivity contribution is 0.0770. The molecule has 0 radical (unpaired) electrons. The maximum Gasteiger partial charge on any atom is 0.00698 e. The van der Waals surface area contributed by atoms with E-state index < -0.39 is 0 Å². The Morgan fingerprint density at radius 3 is 2.12 bits per heavy atom. The second-order valence-electron chi connectivity index (χ2n) is 5.52. The molecular weight excluding hydrogens is 220 g/mol. The molecule has 2 fully saturated rings. The Balaban J connectivity index is 0.00000128. The first-order chi connectivity index (χ1) is 7.27. The molecule has 96 valence electrons. The molecule has 0 saturated carbocycles. The Morgan fingerprint density at radius 2 is 1.56 bits per heavy atom. The van der Waals surface area contributed by atoms with Gasteiger partial charge in [0.15, 0.2) is 0 Å². The van der Waals surface area contributed by atoms with E-state index in [9.17, 15) is 0 Å². The van der Waals surface area contributed by atoms with E-state index in [-0.39, 0.29) is 12.4 Å². The van der Waals surface area contributed by atoms with Crippen LogP contribution in [0.2, 0.25) is 0 Å². The van der Waals surface area contributed by atoms with Gasteiger partial charge in [-0.05, 0) is 58.5 Å². The number of nitrogens with zero attached hydrogens (tertiary/aromatic N) is 1. The molecule has 3 heteroatoms. The lowest BCUT2D eigenvalue weighted by Gasteiger charge is -2.41. The molecule has 0 spiro atoms. The van der Waals surface area contributed by atoms with Gasteiger partial charge in [-0.1, -0.05) is 6.42 Å². The van der Waals surface area contributed by atoms with Gasteiger partial charge in [0.1, 0.15) is 0 Å². The molecule has 0 unspecified atom stereocenters. The second kappa shape index (κ2) is 6.83. The van der Waals surface area contributed by atoms with E-state index in [0.29, 0.717) is 0 Å². The molecule has 0 bridgehead atoms. The molecule has 2 aliphatic rings. The van der Waals surface area contributed by atoms with Gasteiger partial charge in [0.25, 0.3) is 0 Å². The highest BCUT2D eigenvalue weighted by molar-refractivity contribution is 5.85. The minimum atomic E-state index is 0. The normalized spacial score (nSPS) is 33.4. The van der Waals surface area contributed by atoms with E-state index in [0.717, 1.165) is 18.0 Å². The highest BCUT2D eigenvalue weighted by Crippen LogP contribution is 2.25. The number of rotatable bonds is 2. The summed E-state index contributed by atoms with van der Waals surface area (Å²) < 4.78 is 0. The molecule has 0 aromatic heterocycles. The highest BCUT2D eigenvalue weighted by Gasteiger charge is 2.27. The standard InChI is InChI=1S/C13H26N2.ClH/c1-11-4-3-5-12(2)15(11)10-13-6-8-14-9-7-13;/h11-14H,3-10H2,1-2H3;1H/t11-,12+;. The van der Waals surface area contributed by atoms with Crippen molar-refractivity contribution in [3.05, 3.63) is 0 Å². The zero-order valence-electron chi connectivity index (χ0n) is 10.7. The quantitative estimate of drug-likeness (QED) is 0.806. The molecule has 0 aromatic carbocycles. The minimum Gasteiger partial charge on any atom is -0.317 e. The number of halogens is 1. The summed E-state index contributed by atoms with van der Waals surface area (Å²) in [5.41, 5.74) is 0. The van der Waals surface area contributed by atoms with Crippen molar-refractivity contribution in [1.82, 2.24) is 10.2 Å². The third-order valence-corrected chi connectivity index (χ3v) is 4.30. The van der Waals surface area contributed by atoms with Crippen LogP contribution in [0.25, 0.3) is 0 Å². The zero-order chi connectivity index (χ0) is 10.7. The van der Waals surface area contributed by atoms with Gasteiger partial charge in [-0.25, -0.2) is 0 Å². The fourth-order valence-electron chi connectivity index (χ4n) is 3.20. The zero-order valence-corrected chi connectivity index (χ0v) is 11.6. The van der Waals surface area contributed by atoms with Crippen molar-refractivity contribution in [2.45, 2.75) is 58.0 Å². The molecule has 1 N–H and O–H groups in total. The van der Waals surface area contributed by atoms with Crippen LogP contribution in [-0.2, 0) is 0 Å². The third kappa shape index (κ3) is 3.61. The van der Waals surface area contributed by atoms with Crippen LogP contribution >= 0.6 is 12.4 Å². The van der Waals surface area contributed by atoms with Crippen LogP contribution in [-0.4, -0.2) is 36.6 Å². The van der Waals surface area contributed by atoms with E-state index >= 15 is 0 Å². The number of hydrogen-bond acceptors (Lipinski definition) is 2. The summed E-state index contributed by atoms with van der Waals surface area (Å²) in [5.74, 6) is 0.953. The van der Waals surface area contributed by atoms with Crippen LogP contribution in [0, 0.1) is 5.92 Å². The van der Waals surface area contributed by atoms with Gasteiger partial charge in [-0.15, -0.1) is 12.4 Å². The third-order valence-electron chi connectivity index (χ3n) is 4.30. The molecule has 2 aliphatic heterocycles. The average Bonchev–Trinajstić information content (AvgIpc) is 2.25. The summed E-state index contributed by atoms with van der Waals surface area (Å²) in [7, 11) is 0. The summed E-state index contributed by atoms with van der Waals surface area (Å²) in [6.07, 6.45) is 7.03. The molecule has 16 heavy (non-hydrogen) atoms. The predicted octanol–water partition coefficient (Wildman–Crippen LogP) is 2.67. The van der Waals surface area contributed by atoms with E-state index in [1.165, 1.54) is 51.7 Å². The number of hydrogen-bond donors (Lipinski definition) is 1. The molecule has 0 amide bonds. The summed E-state index contributed by atoms with van der Waals surface area (Å²) in [6.45, 7) is 8.65. The Hall–Kier alpha value is 0.210. The highest BCUT2D eigenvalue weighted by atomic mass is 35.5. The predicted molar refractivity (Wildman–Crippen MR) is 72.3 cm³/mol. The van der Waals surface area contributed by atoms with Crippen LogP contribution in [0.15, 0.2) is 0 Å². The Morgan fingerprint density at radius 1 is 1.00 bits per heavy atom. The Bertz CT molecular complexity index is 182. The van der Waals surface area contributed by atoms with Gasteiger partial charge in [0.05, 0.1) is 0 Å². The monoisotopic (exact) mass is 246 g/mol. The van der Waals surface area contributed by atoms with E-state index in [4.69, 9.17) is 0 Å². The topological polar surface area (TPSA) is 15.3 Å². The van der Waals surface area contributed by atoms with Crippen LogP contribution in [0.5, 0.6) is 0 Å². The largest absolute Gasteiger partial charge is 0.317 e. The molecule has 2 rings (SSSR count).